The fraction of sp³-hybridized carbons (Fsp3) is 0.533. The van der Waals surface area contributed by atoms with Crippen molar-refractivity contribution in [2.45, 2.75) is 38.1 Å². The van der Waals surface area contributed by atoms with Gasteiger partial charge in [0.2, 0.25) is 5.91 Å². The van der Waals surface area contributed by atoms with Crippen LogP contribution in [-0.2, 0) is 4.79 Å². The van der Waals surface area contributed by atoms with Gasteiger partial charge in [-0.05, 0) is 80.2 Å². The lowest BCUT2D eigenvalue weighted by Gasteiger charge is -2.40. The summed E-state index contributed by atoms with van der Waals surface area (Å²) in [5.74, 6) is 1.79. The van der Waals surface area contributed by atoms with Crippen LogP contribution in [0.2, 0.25) is 0 Å². The van der Waals surface area contributed by atoms with Crippen molar-refractivity contribution in [1.29, 1.82) is 0 Å². The fourth-order valence-corrected chi connectivity index (χ4v) is 5.69. The van der Waals surface area contributed by atoms with Crippen LogP contribution < -0.4 is 24.3 Å². The maximum Gasteiger partial charge on any atom is 0.254 e. The highest BCUT2D eigenvalue weighted by Crippen LogP contribution is 2.46. The van der Waals surface area contributed by atoms with Gasteiger partial charge in [-0.1, -0.05) is 13.0 Å². The summed E-state index contributed by atoms with van der Waals surface area (Å²) in [4.78, 5) is 31.6. The van der Waals surface area contributed by atoms with E-state index in [1.807, 2.05) is 12.1 Å². The smallest absolute Gasteiger partial charge is 0.254 e. The lowest BCUT2D eigenvalue weighted by molar-refractivity contribution is -0.124. The van der Waals surface area contributed by atoms with Gasteiger partial charge in [0, 0.05) is 19.2 Å². The van der Waals surface area contributed by atoms with Gasteiger partial charge < -0.3 is 34.1 Å². The summed E-state index contributed by atoms with van der Waals surface area (Å²) in [6.07, 6.45) is 3.31. The van der Waals surface area contributed by atoms with E-state index in [0.717, 1.165) is 37.5 Å². The van der Waals surface area contributed by atoms with Gasteiger partial charge in [0.05, 0.1) is 40.4 Å². The summed E-state index contributed by atoms with van der Waals surface area (Å²) >= 11 is 0. The van der Waals surface area contributed by atoms with Crippen molar-refractivity contribution >= 4 is 11.8 Å². The molecule has 0 radical (unpaired) electrons. The third-order valence-electron chi connectivity index (χ3n) is 8.03. The maximum absolute atomic E-state index is 13.9. The molecule has 1 fully saturated rings. The van der Waals surface area contributed by atoms with Crippen molar-refractivity contribution in [3.63, 3.8) is 0 Å². The molecule has 2 aliphatic heterocycles. The SMILES string of the molecule is COc1ccc(C2C(C(=O)NCCCN3CCC(C)CC3)c3cc(OC)c(OC)cc3C(=O)N2C)cc1OC. The summed E-state index contributed by atoms with van der Waals surface area (Å²) in [5, 5.41) is 3.16. The van der Waals surface area contributed by atoms with Crippen LogP contribution in [0.3, 0.4) is 0 Å². The minimum absolute atomic E-state index is 0.144. The molecule has 9 heteroatoms. The number of carbonyl (C=O) groups is 2. The van der Waals surface area contributed by atoms with Crippen LogP contribution in [0.4, 0.5) is 0 Å². The van der Waals surface area contributed by atoms with Crippen LogP contribution in [0, 0.1) is 5.92 Å². The highest BCUT2D eigenvalue weighted by Gasteiger charge is 2.43. The number of likely N-dealkylation sites (N-methyl/N-ethyl adjacent to an activating group) is 1. The van der Waals surface area contributed by atoms with Crippen LogP contribution in [0.1, 0.15) is 59.6 Å². The van der Waals surface area contributed by atoms with E-state index in [1.165, 1.54) is 20.0 Å². The van der Waals surface area contributed by atoms with E-state index in [4.69, 9.17) is 18.9 Å². The van der Waals surface area contributed by atoms with Gasteiger partial charge in [0.25, 0.3) is 5.91 Å². The molecule has 2 aromatic carbocycles. The molecule has 1 saturated heterocycles. The van der Waals surface area contributed by atoms with E-state index in [9.17, 15) is 9.59 Å². The topological polar surface area (TPSA) is 89.6 Å². The molecule has 0 aromatic heterocycles. The quantitative estimate of drug-likeness (QED) is 0.459. The Labute approximate surface area is 231 Å². The first-order chi connectivity index (χ1) is 18.8. The van der Waals surface area contributed by atoms with Crippen LogP contribution in [0.5, 0.6) is 23.0 Å². The number of methoxy groups -OCH3 is 4. The Morgan fingerprint density at radius 3 is 2.18 bits per heavy atom. The average molecular weight is 540 g/mol. The van der Waals surface area contributed by atoms with Gasteiger partial charge >= 0.3 is 0 Å². The largest absolute Gasteiger partial charge is 0.493 e. The molecule has 4 rings (SSSR count). The van der Waals surface area contributed by atoms with E-state index < -0.39 is 12.0 Å². The van der Waals surface area contributed by atoms with Gasteiger partial charge in [-0.15, -0.1) is 0 Å². The second-order valence-corrected chi connectivity index (χ2v) is 10.4. The molecule has 2 amide bonds. The maximum atomic E-state index is 13.9. The van der Waals surface area contributed by atoms with E-state index in [1.54, 1.807) is 51.5 Å². The number of carbonyl (C=O) groups excluding carboxylic acids is 2. The molecule has 2 aromatic rings. The Balaban J connectivity index is 1.66. The van der Waals surface area contributed by atoms with Gasteiger partial charge in [-0.3, -0.25) is 9.59 Å². The van der Waals surface area contributed by atoms with Crippen molar-refractivity contribution in [1.82, 2.24) is 15.1 Å². The zero-order chi connectivity index (χ0) is 28.1. The molecule has 39 heavy (non-hydrogen) atoms. The fourth-order valence-electron chi connectivity index (χ4n) is 5.69. The number of piperidine rings is 1. The van der Waals surface area contributed by atoms with E-state index in [0.29, 0.717) is 40.7 Å². The molecular weight excluding hydrogens is 498 g/mol. The zero-order valence-electron chi connectivity index (χ0n) is 23.9. The van der Waals surface area contributed by atoms with Gasteiger partial charge in [0.15, 0.2) is 23.0 Å². The predicted molar refractivity (Wildman–Crippen MR) is 149 cm³/mol. The highest BCUT2D eigenvalue weighted by atomic mass is 16.5. The number of hydrogen-bond donors (Lipinski definition) is 1. The molecule has 9 nitrogen and oxygen atoms in total. The Bertz CT molecular complexity index is 1180. The lowest BCUT2D eigenvalue weighted by atomic mass is 9.79. The molecular formula is C30H41N3O6. The van der Waals surface area contributed by atoms with E-state index in [2.05, 4.69) is 17.1 Å². The summed E-state index contributed by atoms with van der Waals surface area (Å²) in [7, 11) is 7.94. The summed E-state index contributed by atoms with van der Waals surface area (Å²) in [6, 6.07) is 8.36. The van der Waals surface area contributed by atoms with E-state index >= 15 is 0 Å². The van der Waals surface area contributed by atoms with Crippen LogP contribution >= 0.6 is 0 Å². The number of fused-ring (bicyclic) bond motifs is 1. The zero-order valence-corrected chi connectivity index (χ0v) is 23.9. The van der Waals surface area contributed by atoms with Crippen molar-refractivity contribution in [2.24, 2.45) is 5.92 Å². The Hall–Kier alpha value is -3.46. The first-order valence-corrected chi connectivity index (χ1v) is 13.6. The molecule has 0 spiro atoms. The number of ether oxygens (including phenoxy) is 4. The number of rotatable bonds is 10. The standard InChI is InChI=1S/C30H41N3O6/c1-19-10-14-33(15-11-19)13-7-12-31-29(34)27-21-17-25(38-5)26(39-6)18-22(21)30(35)32(2)28(27)20-8-9-23(36-3)24(16-20)37-4/h8-9,16-19,27-28H,7,10-15H2,1-6H3,(H,31,34). The van der Waals surface area contributed by atoms with Gasteiger partial charge in [-0.25, -0.2) is 0 Å². The van der Waals surface area contributed by atoms with Crippen LogP contribution in [-0.4, -0.2) is 83.3 Å². The van der Waals surface area contributed by atoms with Gasteiger partial charge in [-0.2, -0.15) is 0 Å². The van der Waals surface area contributed by atoms with E-state index in [-0.39, 0.29) is 11.8 Å². The van der Waals surface area contributed by atoms with Crippen molar-refractivity contribution in [3.05, 3.63) is 47.0 Å². The molecule has 2 aliphatic rings. The Morgan fingerprint density at radius 1 is 0.923 bits per heavy atom. The summed E-state index contributed by atoms with van der Waals surface area (Å²) < 4.78 is 22.0. The predicted octanol–water partition coefficient (Wildman–Crippen LogP) is 3.87. The summed E-state index contributed by atoms with van der Waals surface area (Å²) in [5.41, 5.74) is 1.80. The number of nitrogens with zero attached hydrogens (tertiary/aromatic N) is 2. The number of benzene rings is 2. The minimum Gasteiger partial charge on any atom is -0.493 e. The molecule has 1 N–H and O–H groups in total. The first-order valence-electron chi connectivity index (χ1n) is 13.6. The van der Waals surface area contributed by atoms with Crippen molar-refractivity contribution in [3.8, 4) is 23.0 Å². The molecule has 2 heterocycles. The van der Waals surface area contributed by atoms with Crippen LogP contribution in [0.15, 0.2) is 30.3 Å². The highest BCUT2D eigenvalue weighted by molar-refractivity contribution is 6.02. The monoisotopic (exact) mass is 539 g/mol. The number of amides is 2. The second kappa shape index (κ2) is 12.6. The van der Waals surface area contributed by atoms with Crippen LogP contribution in [0.25, 0.3) is 0 Å². The van der Waals surface area contributed by atoms with Gasteiger partial charge in [0.1, 0.15) is 0 Å². The Morgan fingerprint density at radius 2 is 1.54 bits per heavy atom. The van der Waals surface area contributed by atoms with Crippen molar-refractivity contribution < 1.29 is 28.5 Å². The number of hydrogen-bond acceptors (Lipinski definition) is 7. The van der Waals surface area contributed by atoms with Crippen molar-refractivity contribution in [2.75, 3.05) is 61.7 Å². The third kappa shape index (κ3) is 5.93. The Kier molecular flexibility index (Phi) is 9.22. The first kappa shape index (κ1) is 28.5. The second-order valence-electron chi connectivity index (χ2n) is 10.4. The number of likely N-dealkylation sites (tertiary alicyclic amines) is 1. The molecule has 0 saturated carbocycles. The normalized spacial score (nSPS) is 19.8. The molecule has 0 bridgehead atoms. The number of nitrogens with one attached hydrogen (secondary N) is 1. The summed E-state index contributed by atoms with van der Waals surface area (Å²) in [6.45, 7) is 6.04. The molecule has 212 valence electrons. The molecule has 2 unspecified atom stereocenters. The third-order valence-corrected chi connectivity index (χ3v) is 8.03. The lowest BCUT2D eigenvalue weighted by Crippen LogP contribution is -2.46. The average Bonchev–Trinajstić information content (AvgIpc) is 2.96. The molecule has 0 aliphatic carbocycles. The molecule has 2 atom stereocenters. The minimum atomic E-state index is -0.670.